The van der Waals surface area contributed by atoms with E-state index in [9.17, 15) is 4.79 Å². The summed E-state index contributed by atoms with van der Waals surface area (Å²) >= 11 is 0. The number of rotatable bonds is 7. The second-order valence-electron chi connectivity index (χ2n) is 5.30. The molecule has 0 bridgehead atoms. The standard InChI is InChI=1S/C18H24N2O/c1-3-4-8-13-20-17(15-9-6-5-7-10-15)12-11-16(14-19-2)18(20)21/h5-7,9-12,19H,3-4,8,13-14H2,1-2H3. The Morgan fingerprint density at radius 2 is 1.81 bits per heavy atom. The fourth-order valence-electron chi connectivity index (χ4n) is 2.55. The van der Waals surface area contributed by atoms with Gasteiger partial charge in [-0.15, -0.1) is 0 Å². The van der Waals surface area contributed by atoms with Gasteiger partial charge in [-0.25, -0.2) is 0 Å². The first kappa shape index (κ1) is 15.5. The van der Waals surface area contributed by atoms with E-state index in [1.807, 2.05) is 35.9 Å². The Bertz CT molecular complexity index is 617. The summed E-state index contributed by atoms with van der Waals surface area (Å²) in [6, 6.07) is 14.1. The molecule has 0 radical (unpaired) electrons. The van der Waals surface area contributed by atoms with E-state index in [0.717, 1.165) is 42.6 Å². The molecular weight excluding hydrogens is 260 g/mol. The highest BCUT2D eigenvalue weighted by molar-refractivity contribution is 5.59. The van der Waals surface area contributed by atoms with Crippen molar-refractivity contribution in [3.63, 3.8) is 0 Å². The minimum atomic E-state index is 0.127. The Balaban J connectivity index is 2.43. The predicted molar refractivity (Wildman–Crippen MR) is 88.4 cm³/mol. The molecule has 0 saturated heterocycles. The number of nitrogens with zero attached hydrogens (tertiary/aromatic N) is 1. The molecule has 112 valence electrons. The van der Waals surface area contributed by atoms with Crippen LogP contribution in [0.1, 0.15) is 31.7 Å². The average Bonchev–Trinajstić information content (AvgIpc) is 2.52. The summed E-state index contributed by atoms with van der Waals surface area (Å²) in [6.45, 7) is 3.58. The minimum Gasteiger partial charge on any atom is -0.315 e. The van der Waals surface area contributed by atoms with Gasteiger partial charge in [0.05, 0.1) is 5.69 Å². The average molecular weight is 284 g/mol. The van der Waals surface area contributed by atoms with Crippen molar-refractivity contribution in [3.8, 4) is 11.3 Å². The van der Waals surface area contributed by atoms with Crippen LogP contribution in [0.3, 0.4) is 0 Å². The van der Waals surface area contributed by atoms with Crippen molar-refractivity contribution in [1.29, 1.82) is 0 Å². The minimum absolute atomic E-state index is 0.127. The maximum Gasteiger partial charge on any atom is 0.255 e. The van der Waals surface area contributed by atoms with Crippen molar-refractivity contribution >= 4 is 0 Å². The molecule has 0 atom stereocenters. The van der Waals surface area contributed by atoms with E-state index in [-0.39, 0.29) is 5.56 Å². The van der Waals surface area contributed by atoms with Crippen LogP contribution in [0.25, 0.3) is 11.3 Å². The molecule has 1 heterocycles. The van der Waals surface area contributed by atoms with Gasteiger partial charge in [0, 0.05) is 18.7 Å². The Morgan fingerprint density at radius 1 is 1.05 bits per heavy atom. The topological polar surface area (TPSA) is 34.0 Å². The third kappa shape index (κ3) is 3.82. The number of hydrogen-bond acceptors (Lipinski definition) is 2. The van der Waals surface area contributed by atoms with Gasteiger partial charge in [0.25, 0.3) is 5.56 Å². The molecule has 0 saturated carbocycles. The molecule has 0 unspecified atom stereocenters. The third-order valence-corrected chi connectivity index (χ3v) is 3.68. The van der Waals surface area contributed by atoms with E-state index in [4.69, 9.17) is 0 Å². The molecule has 3 heteroatoms. The summed E-state index contributed by atoms with van der Waals surface area (Å²) in [5.41, 5.74) is 3.06. The van der Waals surface area contributed by atoms with Gasteiger partial charge >= 0.3 is 0 Å². The molecule has 1 N–H and O–H groups in total. The molecule has 1 aromatic heterocycles. The zero-order chi connectivity index (χ0) is 15.1. The molecule has 1 aromatic carbocycles. The molecule has 0 spiro atoms. The molecule has 3 nitrogen and oxygen atoms in total. The van der Waals surface area contributed by atoms with Gasteiger partial charge in [-0.3, -0.25) is 4.79 Å². The SMILES string of the molecule is CCCCCn1c(-c2ccccc2)ccc(CNC)c1=O. The lowest BCUT2D eigenvalue weighted by Crippen LogP contribution is -2.27. The summed E-state index contributed by atoms with van der Waals surface area (Å²) in [4.78, 5) is 12.7. The zero-order valence-electron chi connectivity index (χ0n) is 12.9. The van der Waals surface area contributed by atoms with E-state index in [0.29, 0.717) is 6.54 Å². The smallest absolute Gasteiger partial charge is 0.255 e. The molecule has 2 rings (SSSR count). The zero-order valence-corrected chi connectivity index (χ0v) is 12.9. The summed E-state index contributed by atoms with van der Waals surface area (Å²) in [6.07, 6.45) is 3.35. The summed E-state index contributed by atoms with van der Waals surface area (Å²) < 4.78 is 1.93. The van der Waals surface area contributed by atoms with Gasteiger partial charge in [-0.1, -0.05) is 56.2 Å². The summed E-state index contributed by atoms with van der Waals surface area (Å²) in [5.74, 6) is 0. The first-order valence-corrected chi connectivity index (χ1v) is 7.70. The highest BCUT2D eigenvalue weighted by Crippen LogP contribution is 2.18. The second kappa shape index (κ2) is 7.79. The normalized spacial score (nSPS) is 10.8. The van der Waals surface area contributed by atoms with Gasteiger partial charge in [-0.05, 0) is 25.1 Å². The van der Waals surface area contributed by atoms with Crippen LogP contribution in [-0.2, 0) is 13.1 Å². The van der Waals surface area contributed by atoms with Gasteiger partial charge < -0.3 is 9.88 Å². The van der Waals surface area contributed by atoms with Crippen molar-refractivity contribution in [2.75, 3.05) is 7.05 Å². The molecule has 0 aliphatic rings. The van der Waals surface area contributed by atoms with Gasteiger partial charge in [0.2, 0.25) is 0 Å². The lowest BCUT2D eigenvalue weighted by molar-refractivity contribution is 0.586. The number of unbranched alkanes of at least 4 members (excludes halogenated alkanes) is 2. The highest BCUT2D eigenvalue weighted by atomic mass is 16.1. The quantitative estimate of drug-likeness (QED) is 0.790. The van der Waals surface area contributed by atoms with E-state index >= 15 is 0 Å². The van der Waals surface area contributed by atoms with E-state index in [1.54, 1.807) is 0 Å². The molecule has 21 heavy (non-hydrogen) atoms. The lowest BCUT2D eigenvalue weighted by atomic mass is 10.1. The largest absolute Gasteiger partial charge is 0.315 e. The Labute approximate surface area is 126 Å². The van der Waals surface area contributed by atoms with Crippen LogP contribution in [0.5, 0.6) is 0 Å². The molecule has 0 fully saturated rings. The van der Waals surface area contributed by atoms with Gasteiger partial charge in [0.15, 0.2) is 0 Å². The van der Waals surface area contributed by atoms with Crippen LogP contribution >= 0.6 is 0 Å². The number of pyridine rings is 1. The van der Waals surface area contributed by atoms with Crippen LogP contribution in [0.2, 0.25) is 0 Å². The number of aromatic nitrogens is 1. The molecular formula is C18H24N2O. The molecule has 0 aliphatic carbocycles. The molecule has 0 aliphatic heterocycles. The second-order valence-corrected chi connectivity index (χ2v) is 5.30. The van der Waals surface area contributed by atoms with Crippen molar-refractivity contribution in [2.24, 2.45) is 0 Å². The first-order valence-electron chi connectivity index (χ1n) is 7.70. The van der Waals surface area contributed by atoms with Gasteiger partial charge in [-0.2, -0.15) is 0 Å². The van der Waals surface area contributed by atoms with Crippen molar-refractivity contribution < 1.29 is 0 Å². The van der Waals surface area contributed by atoms with E-state index in [1.165, 1.54) is 0 Å². The maximum absolute atomic E-state index is 12.7. The molecule has 0 amide bonds. The maximum atomic E-state index is 12.7. The van der Waals surface area contributed by atoms with Gasteiger partial charge in [0.1, 0.15) is 0 Å². The van der Waals surface area contributed by atoms with Crippen molar-refractivity contribution in [3.05, 3.63) is 58.4 Å². The van der Waals surface area contributed by atoms with Crippen molar-refractivity contribution in [1.82, 2.24) is 9.88 Å². The van der Waals surface area contributed by atoms with E-state index in [2.05, 4.69) is 30.4 Å². The number of benzene rings is 1. The van der Waals surface area contributed by atoms with Crippen molar-refractivity contribution in [2.45, 2.75) is 39.3 Å². The first-order chi connectivity index (χ1) is 10.3. The van der Waals surface area contributed by atoms with E-state index < -0.39 is 0 Å². The summed E-state index contributed by atoms with van der Waals surface area (Å²) in [7, 11) is 1.87. The van der Waals surface area contributed by atoms with Crippen LogP contribution < -0.4 is 10.9 Å². The fraction of sp³-hybridized carbons (Fsp3) is 0.389. The third-order valence-electron chi connectivity index (χ3n) is 3.68. The summed E-state index contributed by atoms with van der Waals surface area (Å²) in [5, 5.41) is 3.07. The Kier molecular flexibility index (Phi) is 5.76. The lowest BCUT2D eigenvalue weighted by Gasteiger charge is -2.15. The predicted octanol–water partition coefficient (Wildman–Crippen LogP) is 3.42. The Hall–Kier alpha value is -1.87. The van der Waals surface area contributed by atoms with Crippen LogP contribution in [0, 0.1) is 0 Å². The highest BCUT2D eigenvalue weighted by Gasteiger charge is 2.09. The number of hydrogen-bond donors (Lipinski definition) is 1. The van der Waals surface area contributed by atoms with Crippen LogP contribution in [0.15, 0.2) is 47.3 Å². The fourth-order valence-corrected chi connectivity index (χ4v) is 2.55. The van der Waals surface area contributed by atoms with Crippen LogP contribution in [-0.4, -0.2) is 11.6 Å². The monoisotopic (exact) mass is 284 g/mol. The number of nitrogens with one attached hydrogen (secondary N) is 1. The Morgan fingerprint density at radius 3 is 2.48 bits per heavy atom. The molecule has 2 aromatic rings. The van der Waals surface area contributed by atoms with Crippen LogP contribution in [0.4, 0.5) is 0 Å².